The lowest BCUT2D eigenvalue weighted by Crippen LogP contribution is -2.16. The number of para-hydroxylation sites is 1. The fraction of sp³-hybridized carbons (Fsp3) is 0.136. The largest absolute Gasteiger partial charge is 0.364 e. The van der Waals surface area contributed by atoms with Crippen molar-refractivity contribution in [3.63, 3.8) is 0 Å². The van der Waals surface area contributed by atoms with Crippen LogP contribution < -0.4 is 11.1 Å². The zero-order valence-corrected chi connectivity index (χ0v) is 15.4. The molecule has 1 amide bonds. The summed E-state index contributed by atoms with van der Waals surface area (Å²) in [6.07, 6.45) is 3.90. The predicted molar refractivity (Wildman–Crippen MR) is 111 cm³/mol. The average molecular weight is 371 g/mol. The van der Waals surface area contributed by atoms with Gasteiger partial charge >= 0.3 is 0 Å². The van der Waals surface area contributed by atoms with Gasteiger partial charge in [0, 0.05) is 29.2 Å². The van der Waals surface area contributed by atoms with Crippen LogP contribution in [0.15, 0.2) is 66.9 Å². The van der Waals surface area contributed by atoms with Crippen LogP contribution in [0.2, 0.25) is 0 Å². The summed E-state index contributed by atoms with van der Waals surface area (Å²) < 4.78 is 0. The van der Waals surface area contributed by atoms with Crippen molar-refractivity contribution in [3.05, 3.63) is 78.1 Å². The molecule has 4 rings (SSSR count). The number of H-pyrrole nitrogens is 1. The molecule has 0 bridgehead atoms. The van der Waals surface area contributed by atoms with E-state index >= 15 is 0 Å². The molecule has 28 heavy (non-hydrogen) atoms. The van der Waals surface area contributed by atoms with Gasteiger partial charge in [-0.15, -0.1) is 0 Å². The Balaban J connectivity index is 1.45. The second-order valence-corrected chi connectivity index (χ2v) is 6.58. The summed E-state index contributed by atoms with van der Waals surface area (Å²) in [6, 6.07) is 19.6. The highest BCUT2D eigenvalue weighted by Crippen LogP contribution is 2.20. The summed E-state index contributed by atoms with van der Waals surface area (Å²) in [6.45, 7) is 0.690. The van der Waals surface area contributed by atoms with Gasteiger partial charge in [-0.2, -0.15) is 0 Å². The first-order valence-corrected chi connectivity index (χ1v) is 9.24. The highest BCUT2D eigenvalue weighted by molar-refractivity contribution is 5.92. The Hall–Kier alpha value is -3.67. The Morgan fingerprint density at radius 3 is 2.64 bits per heavy atom. The maximum Gasteiger partial charge on any atom is 0.267 e. The Morgan fingerprint density at radius 1 is 1.04 bits per heavy atom. The van der Waals surface area contributed by atoms with E-state index in [4.69, 9.17) is 5.73 Å². The Bertz CT molecular complexity index is 1100. The zero-order valence-electron chi connectivity index (χ0n) is 15.4. The lowest BCUT2D eigenvalue weighted by molar-refractivity contribution is 0.0995. The molecule has 140 valence electrons. The van der Waals surface area contributed by atoms with E-state index in [9.17, 15) is 4.79 Å². The number of anilines is 1. The number of fused-ring (bicyclic) bond motifs is 1. The summed E-state index contributed by atoms with van der Waals surface area (Å²) >= 11 is 0. The van der Waals surface area contributed by atoms with Gasteiger partial charge in [0.15, 0.2) is 0 Å². The number of carbonyl (C=O) groups is 1. The summed E-state index contributed by atoms with van der Waals surface area (Å²) in [7, 11) is 0. The number of aromatic nitrogens is 3. The van der Waals surface area contributed by atoms with Crippen molar-refractivity contribution >= 4 is 22.8 Å². The zero-order chi connectivity index (χ0) is 19.3. The fourth-order valence-electron chi connectivity index (χ4n) is 3.23. The topological polar surface area (TPSA) is 96.7 Å². The molecular formula is C22H21N5O. The van der Waals surface area contributed by atoms with Crippen LogP contribution in [0, 0.1) is 0 Å². The van der Waals surface area contributed by atoms with Crippen LogP contribution >= 0.6 is 0 Å². The molecule has 2 aromatic carbocycles. The lowest BCUT2D eigenvalue weighted by Gasteiger charge is -2.09. The minimum absolute atomic E-state index is 0.202. The molecule has 0 radical (unpaired) electrons. The lowest BCUT2D eigenvalue weighted by atomic mass is 10.1. The SMILES string of the molecule is NC(=O)c1cc(-c2ccccc2)nc(NCCCc2c[nH]c3ccccc23)n1. The molecule has 0 atom stereocenters. The summed E-state index contributed by atoms with van der Waals surface area (Å²) in [5, 5.41) is 4.47. The van der Waals surface area contributed by atoms with Crippen molar-refractivity contribution in [1.82, 2.24) is 15.0 Å². The molecule has 0 aliphatic rings. The van der Waals surface area contributed by atoms with Crippen LogP contribution in [0.25, 0.3) is 22.2 Å². The summed E-state index contributed by atoms with van der Waals surface area (Å²) in [5.74, 6) is -0.157. The molecule has 4 N–H and O–H groups in total. The van der Waals surface area contributed by atoms with Crippen LogP contribution in [-0.2, 0) is 6.42 Å². The first-order chi connectivity index (χ1) is 13.7. The van der Waals surface area contributed by atoms with Gasteiger partial charge in [-0.05, 0) is 30.5 Å². The first-order valence-electron chi connectivity index (χ1n) is 9.24. The van der Waals surface area contributed by atoms with Gasteiger partial charge in [-0.1, -0.05) is 48.5 Å². The van der Waals surface area contributed by atoms with Crippen LogP contribution in [0.1, 0.15) is 22.5 Å². The third-order valence-electron chi connectivity index (χ3n) is 4.63. The molecule has 0 saturated carbocycles. The first kappa shape index (κ1) is 17.7. The Morgan fingerprint density at radius 2 is 1.82 bits per heavy atom. The number of nitrogens with two attached hydrogens (primary N) is 1. The molecule has 0 aliphatic heterocycles. The smallest absolute Gasteiger partial charge is 0.267 e. The van der Waals surface area contributed by atoms with E-state index in [0.717, 1.165) is 23.9 Å². The quantitative estimate of drug-likeness (QED) is 0.431. The number of hydrogen-bond acceptors (Lipinski definition) is 4. The molecule has 0 spiro atoms. The maximum absolute atomic E-state index is 11.6. The predicted octanol–water partition coefficient (Wildman–Crippen LogP) is 3.77. The number of amides is 1. The second kappa shape index (κ2) is 7.92. The van der Waals surface area contributed by atoms with Crippen molar-refractivity contribution < 1.29 is 4.79 Å². The molecule has 2 heterocycles. The maximum atomic E-state index is 11.6. The minimum Gasteiger partial charge on any atom is -0.364 e. The van der Waals surface area contributed by atoms with Crippen LogP contribution in [0.3, 0.4) is 0 Å². The number of carbonyl (C=O) groups excluding carboxylic acids is 1. The average Bonchev–Trinajstić information content (AvgIpc) is 3.15. The number of primary amides is 1. The normalized spacial score (nSPS) is 10.9. The number of aryl methyl sites for hydroxylation is 1. The summed E-state index contributed by atoms with van der Waals surface area (Å²) in [5.41, 5.74) is 9.66. The molecule has 0 saturated heterocycles. The van der Waals surface area contributed by atoms with E-state index in [1.807, 2.05) is 42.5 Å². The second-order valence-electron chi connectivity index (χ2n) is 6.58. The van der Waals surface area contributed by atoms with Gasteiger partial charge in [-0.25, -0.2) is 9.97 Å². The molecule has 0 unspecified atom stereocenters. The van der Waals surface area contributed by atoms with E-state index in [0.29, 0.717) is 18.2 Å². The standard InChI is InChI=1S/C22H21N5O/c23-21(28)20-13-19(15-7-2-1-3-8-15)26-22(27-20)24-12-6-9-16-14-25-18-11-5-4-10-17(16)18/h1-5,7-8,10-11,13-14,25H,6,9,12H2,(H2,23,28)(H,24,26,27). The van der Waals surface area contributed by atoms with Gasteiger partial charge in [0.1, 0.15) is 5.69 Å². The number of nitrogens with zero attached hydrogens (tertiary/aromatic N) is 2. The Kier molecular flexibility index (Phi) is 5.01. The van der Waals surface area contributed by atoms with Gasteiger partial charge in [-0.3, -0.25) is 4.79 Å². The molecule has 6 heteroatoms. The molecule has 0 aliphatic carbocycles. The van der Waals surface area contributed by atoms with E-state index in [1.165, 1.54) is 10.9 Å². The summed E-state index contributed by atoms with van der Waals surface area (Å²) in [4.78, 5) is 23.7. The van der Waals surface area contributed by atoms with E-state index in [1.54, 1.807) is 6.07 Å². The highest BCUT2D eigenvalue weighted by Gasteiger charge is 2.10. The van der Waals surface area contributed by atoms with E-state index in [2.05, 4.69) is 38.6 Å². The van der Waals surface area contributed by atoms with E-state index in [-0.39, 0.29) is 5.69 Å². The van der Waals surface area contributed by atoms with Crippen molar-refractivity contribution in [3.8, 4) is 11.3 Å². The van der Waals surface area contributed by atoms with Crippen LogP contribution in [0.5, 0.6) is 0 Å². The molecule has 0 fully saturated rings. The van der Waals surface area contributed by atoms with Crippen LogP contribution in [0.4, 0.5) is 5.95 Å². The van der Waals surface area contributed by atoms with Crippen molar-refractivity contribution in [2.45, 2.75) is 12.8 Å². The van der Waals surface area contributed by atoms with Gasteiger partial charge in [0.05, 0.1) is 5.69 Å². The number of benzene rings is 2. The number of hydrogen-bond donors (Lipinski definition) is 3. The number of rotatable bonds is 7. The Labute approximate surface area is 162 Å². The van der Waals surface area contributed by atoms with Crippen molar-refractivity contribution in [2.24, 2.45) is 5.73 Å². The number of aromatic amines is 1. The highest BCUT2D eigenvalue weighted by atomic mass is 16.1. The van der Waals surface area contributed by atoms with Gasteiger partial charge in [0.25, 0.3) is 5.91 Å². The van der Waals surface area contributed by atoms with E-state index < -0.39 is 5.91 Å². The van der Waals surface area contributed by atoms with Gasteiger partial charge in [0.2, 0.25) is 5.95 Å². The van der Waals surface area contributed by atoms with Gasteiger partial charge < -0.3 is 16.0 Å². The fourth-order valence-corrected chi connectivity index (χ4v) is 3.23. The number of nitrogens with one attached hydrogen (secondary N) is 2. The third kappa shape index (κ3) is 3.86. The van der Waals surface area contributed by atoms with Crippen molar-refractivity contribution in [2.75, 3.05) is 11.9 Å². The third-order valence-corrected chi connectivity index (χ3v) is 4.63. The molecule has 4 aromatic rings. The van der Waals surface area contributed by atoms with Crippen LogP contribution in [-0.4, -0.2) is 27.4 Å². The van der Waals surface area contributed by atoms with Crippen molar-refractivity contribution in [1.29, 1.82) is 0 Å². The minimum atomic E-state index is -0.568. The monoisotopic (exact) mass is 371 g/mol. The molecular weight excluding hydrogens is 350 g/mol. The molecule has 2 aromatic heterocycles. The molecule has 6 nitrogen and oxygen atoms in total.